The van der Waals surface area contributed by atoms with Gasteiger partial charge in [0.25, 0.3) is 0 Å². The first-order chi connectivity index (χ1) is 9.50. The molecular weight excluding hydrogens is 264 g/mol. The topological polar surface area (TPSA) is 20.2 Å². The Hall–Kier alpha value is -0.860. The van der Waals surface area contributed by atoms with Crippen molar-refractivity contribution >= 4 is 21.4 Å². The van der Waals surface area contributed by atoms with Gasteiger partial charge in [-0.15, -0.1) is 11.3 Å². The van der Waals surface area contributed by atoms with Crippen molar-refractivity contribution in [2.45, 2.75) is 51.6 Å². The summed E-state index contributed by atoms with van der Waals surface area (Å²) in [4.78, 5) is 0. The number of aliphatic hydroxyl groups excluding tert-OH is 1. The van der Waals surface area contributed by atoms with Crippen LogP contribution in [0.5, 0.6) is 0 Å². The summed E-state index contributed by atoms with van der Waals surface area (Å²) in [5.41, 5.74) is 1.44. The van der Waals surface area contributed by atoms with Crippen LogP contribution < -0.4 is 0 Å². The molecule has 20 heavy (non-hydrogen) atoms. The molecule has 1 saturated carbocycles. The van der Waals surface area contributed by atoms with Crippen molar-refractivity contribution in [3.05, 3.63) is 35.2 Å². The maximum atomic E-state index is 10.6. The second kappa shape index (κ2) is 5.16. The summed E-state index contributed by atoms with van der Waals surface area (Å²) in [6, 6.07) is 8.79. The highest BCUT2D eigenvalue weighted by molar-refractivity contribution is 7.17. The highest BCUT2D eigenvalue weighted by atomic mass is 32.1. The van der Waals surface area contributed by atoms with Gasteiger partial charge in [-0.25, -0.2) is 0 Å². The Kier molecular flexibility index (Phi) is 3.64. The number of benzene rings is 1. The molecule has 0 saturated heterocycles. The van der Waals surface area contributed by atoms with Crippen LogP contribution in [0.25, 0.3) is 10.1 Å². The van der Waals surface area contributed by atoms with Crippen LogP contribution in [0.15, 0.2) is 29.6 Å². The third kappa shape index (κ3) is 2.29. The molecule has 1 aromatic heterocycles. The van der Waals surface area contributed by atoms with Crippen LogP contribution in [-0.2, 0) is 5.41 Å². The van der Waals surface area contributed by atoms with Gasteiger partial charge in [-0.05, 0) is 52.5 Å². The van der Waals surface area contributed by atoms with Crippen LogP contribution in [-0.4, -0.2) is 11.2 Å². The SMILES string of the molecule is CC1CCC(C(C)(C)c2cccc3ccsc23)C(O)C1. The second-order valence-electron chi connectivity index (χ2n) is 6.96. The Morgan fingerprint density at radius 3 is 2.75 bits per heavy atom. The third-order valence-corrected chi connectivity index (χ3v) is 6.14. The van der Waals surface area contributed by atoms with Crippen LogP contribution in [0.2, 0.25) is 0 Å². The molecule has 1 aliphatic rings. The van der Waals surface area contributed by atoms with Gasteiger partial charge in [0.2, 0.25) is 0 Å². The van der Waals surface area contributed by atoms with E-state index < -0.39 is 0 Å². The molecule has 0 aliphatic heterocycles. The molecule has 3 atom stereocenters. The van der Waals surface area contributed by atoms with Crippen molar-refractivity contribution in [2.24, 2.45) is 11.8 Å². The largest absolute Gasteiger partial charge is 0.393 e. The first-order valence-corrected chi connectivity index (χ1v) is 8.53. The van der Waals surface area contributed by atoms with Gasteiger partial charge >= 0.3 is 0 Å². The maximum Gasteiger partial charge on any atom is 0.0579 e. The second-order valence-corrected chi connectivity index (χ2v) is 7.87. The van der Waals surface area contributed by atoms with Gasteiger partial charge in [-0.3, -0.25) is 0 Å². The molecule has 2 heteroatoms. The summed E-state index contributed by atoms with van der Waals surface area (Å²) >= 11 is 1.82. The van der Waals surface area contributed by atoms with Gasteiger partial charge in [0.05, 0.1) is 6.10 Å². The highest BCUT2D eigenvalue weighted by Gasteiger charge is 2.40. The Morgan fingerprint density at radius 2 is 2.00 bits per heavy atom. The summed E-state index contributed by atoms with van der Waals surface area (Å²) in [7, 11) is 0. The van der Waals surface area contributed by atoms with Crippen LogP contribution in [0.1, 0.15) is 45.6 Å². The van der Waals surface area contributed by atoms with Crippen molar-refractivity contribution in [1.82, 2.24) is 0 Å². The molecule has 1 heterocycles. The first kappa shape index (κ1) is 14.1. The third-order valence-electron chi connectivity index (χ3n) is 5.18. The lowest BCUT2D eigenvalue weighted by Crippen LogP contribution is -2.41. The monoisotopic (exact) mass is 288 g/mol. The Balaban J connectivity index is 2.01. The molecule has 0 amide bonds. The minimum Gasteiger partial charge on any atom is -0.393 e. The molecule has 108 valence electrons. The molecule has 1 aliphatic carbocycles. The lowest BCUT2D eigenvalue weighted by atomic mass is 9.64. The molecule has 1 nitrogen and oxygen atoms in total. The van der Waals surface area contributed by atoms with Crippen molar-refractivity contribution in [3.8, 4) is 0 Å². The fourth-order valence-corrected chi connectivity index (χ4v) is 4.97. The Bertz CT molecular complexity index is 598. The normalized spacial score (nSPS) is 27.9. The lowest BCUT2D eigenvalue weighted by molar-refractivity contribution is 0.0147. The van der Waals surface area contributed by atoms with Gasteiger partial charge < -0.3 is 5.11 Å². The molecule has 1 fully saturated rings. The van der Waals surface area contributed by atoms with E-state index >= 15 is 0 Å². The molecule has 1 N–H and O–H groups in total. The number of rotatable bonds is 2. The van der Waals surface area contributed by atoms with Gasteiger partial charge in [-0.2, -0.15) is 0 Å². The lowest BCUT2D eigenvalue weighted by Gasteiger charge is -2.42. The molecule has 0 bridgehead atoms. The van der Waals surface area contributed by atoms with Gasteiger partial charge in [0.15, 0.2) is 0 Å². The van der Waals surface area contributed by atoms with Gasteiger partial charge in [-0.1, -0.05) is 45.4 Å². The summed E-state index contributed by atoms with van der Waals surface area (Å²) in [6.45, 7) is 6.88. The van der Waals surface area contributed by atoms with Crippen molar-refractivity contribution in [2.75, 3.05) is 0 Å². The van der Waals surface area contributed by atoms with Gasteiger partial charge in [0, 0.05) is 4.70 Å². The zero-order valence-corrected chi connectivity index (χ0v) is 13.4. The van der Waals surface area contributed by atoms with E-state index in [0.717, 1.165) is 12.8 Å². The average Bonchev–Trinajstić information content (AvgIpc) is 2.85. The molecule has 2 aromatic rings. The van der Waals surface area contributed by atoms with E-state index in [-0.39, 0.29) is 11.5 Å². The quantitative estimate of drug-likeness (QED) is 0.826. The predicted molar refractivity (Wildman–Crippen MR) is 87.4 cm³/mol. The van der Waals surface area contributed by atoms with E-state index in [1.807, 2.05) is 11.3 Å². The smallest absolute Gasteiger partial charge is 0.0579 e. The van der Waals surface area contributed by atoms with E-state index in [4.69, 9.17) is 0 Å². The highest BCUT2D eigenvalue weighted by Crippen LogP contribution is 2.45. The van der Waals surface area contributed by atoms with E-state index in [1.54, 1.807) is 0 Å². The number of aliphatic hydroxyl groups is 1. The molecule has 0 radical (unpaired) electrons. The fraction of sp³-hybridized carbons (Fsp3) is 0.556. The molecule has 3 unspecified atom stereocenters. The zero-order valence-electron chi connectivity index (χ0n) is 12.6. The minimum absolute atomic E-state index is 0.0317. The maximum absolute atomic E-state index is 10.6. The van der Waals surface area contributed by atoms with E-state index in [9.17, 15) is 5.11 Å². The summed E-state index contributed by atoms with van der Waals surface area (Å²) in [5, 5.41) is 14.1. The first-order valence-electron chi connectivity index (χ1n) is 7.65. The van der Waals surface area contributed by atoms with E-state index in [0.29, 0.717) is 11.8 Å². The fourth-order valence-electron chi connectivity index (χ4n) is 3.89. The van der Waals surface area contributed by atoms with Crippen LogP contribution in [0.3, 0.4) is 0 Å². The van der Waals surface area contributed by atoms with E-state index in [2.05, 4.69) is 50.4 Å². The Labute approximate surface area is 125 Å². The average molecular weight is 288 g/mol. The van der Waals surface area contributed by atoms with Crippen molar-refractivity contribution < 1.29 is 5.11 Å². The Morgan fingerprint density at radius 1 is 1.20 bits per heavy atom. The number of thiophene rings is 1. The van der Waals surface area contributed by atoms with Crippen LogP contribution in [0.4, 0.5) is 0 Å². The molecule has 1 aromatic carbocycles. The predicted octanol–water partition coefficient (Wildman–Crippen LogP) is 4.98. The van der Waals surface area contributed by atoms with Crippen molar-refractivity contribution in [3.63, 3.8) is 0 Å². The molecule has 0 spiro atoms. The van der Waals surface area contributed by atoms with Gasteiger partial charge in [0.1, 0.15) is 0 Å². The van der Waals surface area contributed by atoms with Crippen LogP contribution in [0, 0.1) is 11.8 Å². The zero-order chi connectivity index (χ0) is 14.3. The molecular formula is C18H24OS. The van der Waals surface area contributed by atoms with Crippen molar-refractivity contribution in [1.29, 1.82) is 0 Å². The summed E-state index contributed by atoms with van der Waals surface area (Å²) in [5.74, 6) is 1.03. The number of hydrogen-bond acceptors (Lipinski definition) is 2. The minimum atomic E-state index is -0.163. The summed E-state index contributed by atoms with van der Waals surface area (Å²) < 4.78 is 1.39. The number of hydrogen-bond donors (Lipinski definition) is 1. The standard InChI is InChI=1S/C18H24OS/c1-12-7-8-14(16(19)11-12)18(2,3)15-6-4-5-13-9-10-20-17(13)15/h4-6,9-10,12,14,16,19H,7-8,11H2,1-3H3. The number of fused-ring (bicyclic) bond motifs is 1. The van der Waals surface area contributed by atoms with Crippen LogP contribution >= 0.6 is 11.3 Å². The van der Waals surface area contributed by atoms with E-state index in [1.165, 1.54) is 22.1 Å². The summed E-state index contributed by atoms with van der Waals surface area (Å²) in [6.07, 6.45) is 3.17. The molecule has 3 rings (SSSR count).